The lowest BCUT2D eigenvalue weighted by atomic mass is 9.84. The Bertz CT molecular complexity index is 1340. The van der Waals surface area contributed by atoms with Crippen molar-refractivity contribution in [1.82, 2.24) is 36.1 Å². The topological polar surface area (TPSA) is 180 Å². The maximum absolute atomic E-state index is 14.4. The molecule has 3 rings (SSSR count). The molecule has 258 valence electrons. The van der Waals surface area contributed by atoms with Gasteiger partial charge in [-0.05, 0) is 43.4 Å². The van der Waals surface area contributed by atoms with Gasteiger partial charge in [0.25, 0.3) is 11.8 Å². The van der Waals surface area contributed by atoms with Gasteiger partial charge < -0.3 is 26.2 Å². The monoisotopic (exact) mass is 653 g/mol. The highest BCUT2D eigenvalue weighted by Crippen LogP contribution is 2.39. The van der Waals surface area contributed by atoms with Crippen LogP contribution in [0, 0.1) is 23.2 Å². The molecule has 1 saturated heterocycles. The van der Waals surface area contributed by atoms with Gasteiger partial charge in [0, 0.05) is 30.9 Å². The third-order valence-corrected chi connectivity index (χ3v) is 8.90. The molecule has 0 radical (unpaired) electrons. The van der Waals surface area contributed by atoms with Crippen LogP contribution in [0.3, 0.4) is 0 Å². The number of nitrogens with zero attached hydrogens (tertiary/aromatic N) is 3. The minimum Gasteiger partial charge on any atom is -0.347 e. The van der Waals surface area contributed by atoms with E-state index in [1.54, 1.807) is 20.8 Å². The zero-order valence-electron chi connectivity index (χ0n) is 28.8. The number of aromatic nitrogens is 2. The number of fused-ring (bicyclic) bond motifs is 1. The van der Waals surface area contributed by atoms with Crippen LogP contribution in [0.5, 0.6) is 0 Å². The Morgan fingerprint density at radius 2 is 1.68 bits per heavy atom. The van der Waals surface area contributed by atoms with E-state index in [-0.39, 0.29) is 42.5 Å². The minimum absolute atomic E-state index is 0.0529. The molecule has 1 aromatic rings. The van der Waals surface area contributed by atoms with E-state index in [1.165, 1.54) is 23.5 Å². The SMILES string of the molecule is CCCC(NC(=O)[C@@H]1[C@H]2CC=C[C@H]2CN1C(=O)[C@@H](NC(=O)[C@H](NC(=O)c1cnccn1)C(C)C)C(C)(C)C)C(=O)C(=O)N[C@@H](C)CC. The molecule has 1 aromatic heterocycles. The zero-order chi connectivity index (χ0) is 35.1. The van der Waals surface area contributed by atoms with Crippen LogP contribution >= 0.6 is 0 Å². The van der Waals surface area contributed by atoms with Gasteiger partial charge in [-0.25, -0.2) is 4.98 Å². The van der Waals surface area contributed by atoms with Crippen molar-refractivity contribution >= 4 is 35.3 Å². The highest BCUT2D eigenvalue weighted by molar-refractivity contribution is 6.38. The molecule has 2 aliphatic rings. The van der Waals surface area contributed by atoms with Gasteiger partial charge in [0.1, 0.15) is 23.8 Å². The van der Waals surface area contributed by atoms with Crippen molar-refractivity contribution in [2.24, 2.45) is 23.2 Å². The Hall–Kier alpha value is -4.16. The van der Waals surface area contributed by atoms with Crippen LogP contribution in [0.25, 0.3) is 0 Å². The van der Waals surface area contributed by atoms with Gasteiger partial charge in [-0.1, -0.05) is 67.0 Å². The molecule has 2 heterocycles. The number of hydrogen-bond donors (Lipinski definition) is 4. The fourth-order valence-corrected chi connectivity index (χ4v) is 6.00. The van der Waals surface area contributed by atoms with E-state index in [9.17, 15) is 28.8 Å². The Kier molecular flexibility index (Phi) is 12.8. The number of allylic oxidation sites excluding steroid dienone is 1. The standard InChI is InChI=1S/C34H51N7O6/c1-9-12-23(27(42)32(46)37-20(5)10-2)38-31(45)26-22-14-11-13-21(22)18-41(26)33(47)28(34(6,7)8)40-30(44)25(19(3)4)39-29(43)24-17-35-15-16-36-24/h11,13,15-17,19-23,25-26,28H,9-10,12,14,18H2,1-8H3,(H,37,46)(H,38,45)(H,39,43)(H,40,44)/t20-,21-,22-,23?,25+,26-,28+/m0/s1. The first-order chi connectivity index (χ1) is 22.1. The number of ketones is 1. The van der Waals surface area contributed by atoms with Crippen molar-refractivity contribution in [1.29, 1.82) is 0 Å². The molecule has 0 saturated carbocycles. The maximum atomic E-state index is 14.4. The molecule has 0 aromatic carbocycles. The molecule has 13 nitrogen and oxygen atoms in total. The van der Waals surface area contributed by atoms with Gasteiger partial charge in [0.05, 0.1) is 12.2 Å². The number of rotatable bonds is 14. The first-order valence-electron chi connectivity index (χ1n) is 16.6. The fourth-order valence-electron chi connectivity index (χ4n) is 6.00. The van der Waals surface area contributed by atoms with Crippen LogP contribution in [0.4, 0.5) is 0 Å². The third-order valence-electron chi connectivity index (χ3n) is 8.90. The highest BCUT2D eigenvalue weighted by atomic mass is 16.2. The average Bonchev–Trinajstić information content (AvgIpc) is 3.62. The summed E-state index contributed by atoms with van der Waals surface area (Å²) in [5, 5.41) is 11.1. The molecule has 1 unspecified atom stereocenters. The van der Waals surface area contributed by atoms with Crippen LogP contribution in [-0.4, -0.2) is 86.9 Å². The summed E-state index contributed by atoms with van der Waals surface area (Å²) >= 11 is 0. The van der Waals surface area contributed by atoms with Crippen molar-refractivity contribution in [3.05, 3.63) is 36.4 Å². The fraction of sp³-hybridized carbons (Fsp3) is 0.647. The zero-order valence-corrected chi connectivity index (χ0v) is 28.8. The Labute approximate surface area is 277 Å². The van der Waals surface area contributed by atoms with Gasteiger partial charge in [0.15, 0.2) is 0 Å². The lowest BCUT2D eigenvalue weighted by molar-refractivity contribution is -0.146. The molecule has 1 aliphatic carbocycles. The smallest absolute Gasteiger partial charge is 0.289 e. The van der Waals surface area contributed by atoms with Crippen molar-refractivity contribution < 1.29 is 28.8 Å². The largest absolute Gasteiger partial charge is 0.347 e. The average molecular weight is 654 g/mol. The lowest BCUT2D eigenvalue weighted by Crippen LogP contribution is -2.62. The van der Waals surface area contributed by atoms with Crippen LogP contribution in [0.15, 0.2) is 30.7 Å². The number of amides is 5. The van der Waals surface area contributed by atoms with E-state index in [0.717, 1.165) is 0 Å². The molecule has 7 atom stereocenters. The second-order valence-electron chi connectivity index (χ2n) is 14.0. The Morgan fingerprint density at radius 3 is 2.26 bits per heavy atom. The van der Waals surface area contributed by atoms with Gasteiger partial charge in [-0.3, -0.25) is 33.8 Å². The molecule has 5 amide bonds. The van der Waals surface area contributed by atoms with Crippen molar-refractivity contribution in [3.8, 4) is 0 Å². The number of nitrogens with one attached hydrogen (secondary N) is 4. The van der Waals surface area contributed by atoms with Crippen molar-refractivity contribution in [2.45, 2.75) is 111 Å². The second-order valence-corrected chi connectivity index (χ2v) is 14.0. The summed E-state index contributed by atoms with van der Waals surface area (Å²) in [4.78, 5) is 90.1. The summed E-state index contributed by atoms with van der Waals surface area (Å²) in [5.41, 5.74) is -0.718. The highest BCUT2D eigenvalue weighted by Gasteiger charge is 2.51. The first kappa shape index (κ1) is 37.3. The molecule has 1 fully saturated rings. The van der Waals surface area contributed by atoms with Crippen LogP contribution < -0.4 is 21.3 Å². The van der Waals surface area contributed by atoms with E-state index in [1.807, 2.05) is 46.8 Å². The maximum Gasteiger partial charge on any atom is 0.289 e. The number of Topliss-reactive ketones (excluding diaryl/α,β-unsaturated/α-hetero) is 1. The molecule has 4 N–H and O–H groups in total. The van der Waals surface area contributed by atoms with E-state index in [4.69, 9.17) is 0 Å². The number of carbonyl (C=O) groups is 6. The Balaban J connectivity index is 1.85. The van der Waals surface area contributed by atoms with Gasteiger partial charge in [0.2, 0.25) is 23.5 Å². The molecule has 47 heavy (non-hydrogen) atoms. The van der Waals surface area contributed by atoms with E-state index < -0.39 is 64.9 Å². The number of hydrogen-bond acceptors (Lipinski definition) is 8. The molecule has 1 aliphatic heterocycles. The van der Waals surface area contributed by atoms with E-state index in [2.05, 4.69) is 31.2 Å². The summed E-state index contributed by atoms with van der Waals surface area (Å²) < 4.78 is 0. The number of carbonyl (C=O) groups excluding carboxylic acids is 6. The predicted molar refractivity (Wildman–Crippen MR) is 175 cm³/mol. The third kappa shape index (κ3) is 9.23. The summed E-state index contributed by atoms with van der Waals surface area (Å²) in [6, 6.07) is -4.17. The molecular weight excluding hydrogens is 602 g/mol. The van der Waals surface area contributed by atoms with Crippen LogP contribution in [-0.2, 0) is 24.0 Å². The number of likely N-dealkylation sites (tertiary alicyclic amines) is 1. The Morgan fingerprint density at radius 1 is 0.979 bits per heavy atom. The molecule has 0 bridgehead atoms. The van der Waals surface area contributed by atoms with Crippen molar-refractivity contribution in [2.75, 3.05) is 6.54 Å². The van der Waals surface area contributed by atoms with Gasteiger partial charge >= 0.3 is 0 Å². The summed E-state index contributed by atoms with van der Waals surface area (Å²) in [5.74, 6) is -4.16. The molecule has 13 heteroatoms. The quantitative estimate of drug-likeness (QED) is 0.174. The summed E-state index contributed by atoms with van der Waals surface area (Å²) in [6.45, 7) is 14.8. The molecule has 0 spiro atoms. The first-order valence-corrected chi connectivity index (χ1v) is 16.6. The predicted octanol–water partition coefficient (Wildman–Crippen LogP) is 1.93. The lowest BCUT2D eigenvalue weighted by Gasteiger charge is -2.37. The van der Waals surface area contributed by atoms with Gasteiger partial charge in [-0.2, -0.15) is 0 Å². The van der Waals surface area contributed by atoms with E-state index in [0.29, 0.717) is 19.3 Å². The second kappa shape index (κ2) is 16.1. The van der Waals surface area contributed by atoms with Crippen LogP contribution in [0.1, 0.15) is 91.6 Å². The normalized spacial score (nSPS) is 21.3. The summed E-state index contributed by atoms with van der Waals surface area (Å²) in [7, 11) is 0. The van der Waals surface area contributed by atoms with Crippen molar-refractivity contribution in [3.63, 3.8) is 0 Å². The van der Waals surface area contributed by atoms with Gasteiger partial charge in [-0.15, -0.1) is 0 Å². The van der Waals surface area contributed by atoms with E-state index >= 15 is 0 Å². The minimum atomic E-state index is -1.04. The molecular formula is C34H51N7O6. The van der Waals surface area contributed by atoms with Crippen LogP contribution in [0.2, 0.25) is 0 Å². The summed E-state index contributed by atoms with van der Waals surface area (Å²) in [6.07, 6.45) is 10.1.